The highest BCUT2D eigenvalue weighted by Crippen LogP contribution is 2.47. The van der Waals surface area contributed by atoms with Gasteiger partial charge in [-0.1, -0.05) is 0 Å². The van der Waals surface area contributed by atoms with E-state index in [1.807, 2.05) is 6.07 Å². The number of hydrogen-bond acceptors (Lipinski definition) is 4. The van der Waals surface area contributed by atoms with Crippen molar-refractivity contribution < 1.29 is 14.6 Å². The van der Waals surface area contributed by atoms with Gasteiger partial charge < -0.3 is 14.4 Å². The lowest BCUT2D eigenvalue weighted by atomic mass is 9.92. The van der Waals surface area contributed by atoms with Gasteiger partial charge in [0.2, 0.25) is 11.9 Å². The summed E-state index contributed by atoms with van der Waals surface area (Å²) in [7, 11) is 1.70. The quantitative estimate of drug-likeness (QED) is 0.825. The number of aliphatic hydroxyl groups is 1. The van der Waals surface area contributed by atoms with Gasteiger partial charge in [-0.05, 0) is 63.5 Å². The number of anilines is 1. The zero-order chi connectivity index (χ0) is 18.5. The predicted molar refractivity (Wildman–Crippen MR) is 101 cm³/mol. The predicted octanol–water partition coefficient (Wildman–Crippen LogP) is 3.75. The number of carbonyl (C=O) groups is 1. The number of fused-ring (bicyclic) bond motifs is 1. The van der Waals surface area contributed by atoms with Gasteiger partial charge in [0.05, 0.1) is 30.2 Å². The minimum Gasteiger partial charge on any atom is -0.496 e. The molecule has 1 heterocycles. The molecule has 1 amide bonds. The lowest BCUT2D eigenvalue weighted by molar-refractivity contribution is -0.119. The van der Waals surface area contributed by atoms with Gasteiger partial charge in [-0.25, -0.2) is 4.98 Å². The molecule has 0 spiro atoms. The standard InChI is InChI=1S/C20H27N3O3/c1-20(2,25)11-18(24)22-19-21-15-10-17(26-3)14(12-7-8-12)9-16(15)23(19)13-5-4-6-13/h9-10,12-13,25H,4-8,11H2,1-3H3,(H,21,22,24). The summed E-state index contributed by atoms with van der Waals surface area (Å²) >= 11 is 0. The number of aromatic nitrogens is 2. The minimum atomic E-state index is -1.04. The van der Waals surface area contributed by atoms with Crippen LogP contribution in [0.5, 0.6) is 5.75 Å². The van der Waals surface area contributed by atoms with Crippen LogP contribution in [0.1, 0.15) is 69.9 Å². The fraction of sp³-hybridized carbons (Fsp3) is 0.600. The first kappa shape index (κ1) is 17.3. The SMILES string of the molecule is COc1cc2nc(NC(=O)CC(C)(C)O)n(C3CCC3)c2cc1C1CC1. The summed E-state index contributed by atoms with van der Waals surface area (Å²) in [5.41, 5.74) is 2.11. The Bertz CT molecular complexity index is 842. The molecule has 6 nitrogen and oxygen atoms in total. The van der Waals surface area contributed by atoms with Crippen LogP contribution in [-0.4, -0.2) is 33.3 Å². The second-order valence-corrected chi connectivity index (χ2v) is 8.28. The van der Waals surface area contributed by atoms with Crippen molar-refractivity contribution in [1.29, 1.82) is 0 Å². The Morgan fingerprint density at radius 1 is 1.35 bits per heavy atom. The zero-order valence-corrected chi connectivity index (χ0v) is 15.7. The van der Waals surface area contributed by atoms with Crippen molar-refractivity contribution in [2.75, 3.05) is 12.4 Å². The normalized spacial score (nSPS) is 18.0. The van der Waals surface area contributed by atoms with E-state index in [4.69, 9.17) is 4.74 Å². The van der Waals surface area contributed by atoms with Gasteiger partial charge in [-0.2, -0.15) is 0 Å². The Morgan fingerprint density at radius 2 is 2.08 bits per heavy atom. The van der Waals surface area contributed by atoms with E-state index >= 15 is 0 Å². The highest BCUT2D eigenvalue weighted by atomic mass is 16.5. The smallest absolute Gasteiger partial charge is 0.229 e. The summed E-state index contributed by atoms with van der Waals surface area (Å²) in [6, 6.07) is 4.56. The van der Waals surface area contributed by atoms with Gasteiger partial charge in [-0.3, -0.25) is 10.1 Å². The van der Waals surface area contributed by atoms with Crippen LogP contribution in [0.4, 0.5) is 5.95 Å². The summed E-state index contributed by atoms with van der Waals surface area (Å²) in [5.74, 6) is 1.82. The summed E-state index contributed by atoms with van der Waals surface area (Å²) < 4.78 is 7.75. The van der Waals surface area contributed by atoms with Gasteiger partial charge in [0.25, 0.3) is 0 Å². The van der Waals surface area contributed by atoms with E-state index in [-0.39, 0.29) is 12.3 Å². The van der Waals surface area contributed by atoms with Crippen LogP contribution >= 0.6 is 0 Å². The van der Waals surface area contributed by atoms with Crippen LogP contribution in [-0.2, 0) is 4.79 Å². The van der Waals surface area contributed by atoms with Crippen LogP contribution in [0.2, 0.25) is 0 Å². The van der Waals surface area contributed by atoms with Crippen molar-refractivity contribution >= 4 is 22.9 Å². The number of nitrogens with one attached hydrogen (secondary N) is 1. The third kappa shape index (κ3) is 3.30. The first-order valence-corrected chi connectivity index (χ1v) is 9.48. The molecule has 0 bridgehead atoms. The molecule has 0 atom stereocenters. The zero-order valence-electron chi connectivity index (χ0n) is 15.7. The Kier molecular flexibility index (Phi) is 4.18. The fourth-order valence-electron chi connectivity index (χ4n) is 3.69. The summed E-state index contributed by atoms with van der Waals surface area (Å²) in [5, 5.41) is 12.8. The second kappa shape index (κ2) is 6.27. The maximum Gasteiger partial charge on any atom is 0.229 e. The molecule has 0 unspecified atom stereocenters. The average Bonchev–Trinajstić information content (AvgIpc) is 3.28. The molecular formula is C20H27N3O3. The average molecular weight is 357 g/mol. The van der Waals surface area contributed by atoms with Gasteiger partial charge in [0.15, 0.2) is 0 Å². The highest BCUT2D eigenvalue weighted by Gasteiger charge is 2.31. The van der Waals surface area contributed by atoms with Crippen LogP contribution in [0.3, 0.4) is 0 Å². The number of nitrogens with zero attached hydrogens (tertiary/aromatic N) is 2. The molecule has 0 saturated heterocycles. The molecule has 0 radical (unpaired) electrons. The van der Waals surface area contributed by atoms with Gasteiger partial charge in [0.1, 0.15) is 5.75 Å². The molecule has 140 valence electrons. The summed E-state index contributed by atoms with van der Waals surface area (Å²) in [6.07, 6.45) is 5.85. The molecule has 2 aliphatic rings. The molecule has 2 N–H and O–H groups in total. The fourth-order valence-corrected chi connectivity index (χ4v) is 3.69. The number of imidazole rings is 1. The van der Waals surface area contributed by atoms with Crippen molar-refractivity contribution in [2.45, 2.75) is 69.9 Å². The van der Waals surface area contributed by atoms with Crippen molar-refractivity contribution in [3.63, 3.8) is 0 Å². The number of amides is 1. The monoisotopic (exact) mass is 357 g/mol. The Morgan fingerprint density at radius 3 is 2.62 bits per heavy atom. The molecule has 2 aromatic rings. The van der Waals surface area contributed by atoms with E-state index in [0.717, 1.165) is 29.6 Å². The van der Waals surface area contributed by atoms with E-state index in [2.05, 4.69) is 20.9 Å². The number of hydrogen-bond donors (Lipinski definition) is 2. The van der Waals surface area contributed by atoms with Crippen molar-refractivity contribution in [2.24, 2.45) is 0 Å². The van der Waals surface area contributed by atoms with Gasteiger partial charge in [0, 0.05) is 12.1 Å². The van der Waals surface area contributed by atoms with Crippen molar-refractivity contribution in [3.8, 4) is 5.75 Å². The lowest BCUT2D eigenvalue weighted by Crippen LogP contribution is -2.29. The maximum absolute atomic E-state index is 12.3. The van der Waals surface area contributed by atoms with E-state index in [9.17, 15) is 9.90 Å². The molecule has 1 aromatic carbocycles. The molecule has 2 fully saturated rings. The third-order valence-electron chi connectivity index (χ3n) is 5.34. The first-order valence-electron chi connectivity index (χ1n) is 9.48. The van der Waals surface area contributed by atoms with Crippen molar-refractivity contribution in [1.82, 2.24) is 9.55 Å². The summed E-state index contributed by atoms with van der Waals surface area (Å²) in [4.78, 5) is 17.0. The van der Waals surface area contributed by atoms with Gasteiger partial charge >= 0.3 is 0 Å². The van der Waals surface area contributed by atoms with E-state index < -0.39 is 5.60 Å². The van der Waals surface area contributed by atoms with Crippen LogP contribution < -0.4 is 10.1 Å². The minimum absolute atomic E-state index is 0.0392. The van der Waals surface area contributed by atoms with Crippen LogP contribution in [0.15, 0.2) is 12.1 Å². The topological polar surface area (TPSA) is 76.4 Å². The van der Waals surface area contributed by atoms with Gasteiger partial charge in [-0.15, -0.1) is 0 Å². The number of carbonyl (C=O) groups excluding carboxylic acids is 1. The number of benzene rings is 1. The Hall–Kier alpha value is -2.08. The number of rotatable bonds is 6. The molecule has 4 rings (SSSR count). The van der Waals surface area contributed by atoms with Crippen molar-refractivity contribution in [3.05, 3.63) is 17.7 Å². The highest BCUT2D eigenvalue weighted by molar-refractivity contribution is 5.92. The molecule has 1 aromatic heterocycles. The molecule has 26 heavy (non-hydrogen) atoms. The van der Waals surface area contributed by atoms with E-state index in [1.54, 1.807) is 21.0 Å². The number of methoxy groups -OCH3 is 1. The Labute approximate surface area is 153 Å². The molecule has 6 heteroatoms. The molecule has 2 saturated carbocycles. The molecular weight excluding hydrogens is 330 g/mol. The molecule has 2 aliphatic carbocycles. The summed E-state index contributed by atoms with van der Waals surface area (Å²) in [6.45, 7) is 3.27. The van der Waals surface area contributed by atoms with E-state index in [1.165, 1.54) is 24.8 Å². The maximum atomic E-state index is 12.3. The number of ether oxygens (including phenoxy) is 1. The lowest BCUT2D eigenvalue weighted by Gasteiger charge is -2.29. The first-order chi connectivity index (χ1) is 12.4. The Balaban J connectivity index is 1.75. The van der Waals surface area contributed by atoms with Crippen LogP contribution in [0.25, 0.3) is 11.0 Å². The third-order valence-corrected chi connectivity index (χ3v) is 5.34. The molecule has 0 aliphatic heterocycles. The second-order valence-electron chi connectivity index (χ2n) is 8.28. The van der Waals surface area contributed by atoms with Crippen LogP contribution in [0, 0.1) is 0 Å². The van der Waals surface area contributed by atoms with E-state index in [0.29, 0.717) is 17.9 Å². The largest absolute Gasteiger partial charge is 0.496 e.